The van der Waals surface area contributed by atoms with Crippen molar-refractivity contribution in [2.24, 2.45) is 5.92 Å². The molecule has 1 heterocycles. The van der Waals surface area contributed by atoms with Crippen LogP contribution in [-0.2, 0) is 4.74 Å². The van der Waals surface area contributed by atoms with Gasteiger partial charge in [-0.3, -0.25) is 0 Å². The fraction of sp³-hybridized carbons (Fsp3) is 1.00. The third kappa shape index (κ3) is 3.95. The number of rotatable bonds is 5. The predicted molar refractivity (Wildman–Crippen MR) is 57.3 cm³/mol. The van der Waals surface area contributed by atoms with Crippen LogP contribution in [0.2, 0.25) is 0 Å². The van der Waals surface area contributed by atoms with Gasteiger partial charge in [0.2, 0.25) is 0 Å². The van der Waals surface area contributed by atoms with Crippen molar-refractivity contribution in [2.75, 3.05) is 19.8 Å². The molecule has 1 aliphatic rings. The van der Waals surface area contributed by atoms with E-state index in [0.717, 1.165) is 39.0 Å². The average Bonchev–Trinajstić information content (AvgIpc) is 2.26. The molecule has 0 aromatic rings. The Bertz CT molecular complexity index is 144. The van der Waals surface area contributed by atoms with Crippen molar-refractivity contribution in [1.82, 2.24) is 5.32 Å². The molecular formula is C11H23NO2. The van der Waals surface area contributed by atoms with E-state index in [-0.39, 0.29) is 6.10 Å². The summed E-state index contributed by atoms with van der Waals surface area (Å²) >= 11 is 0. The van der Waals surface area contributed by atoms with Gasteiger partial charge in [-0.05, 0) is 18.8 Å². The van der Waals surface area contributed by atoms with E-state index in [1.54, 1.807) is 0 Å². The Balaban J connectivity index is 2.12. The molecule has 84 valence electrons. The van der Waals surface area contributed by atoms with Crippen LogP contribution in [0.15, 0.2) is 0 Å². The Morgan fingerprint density at radius 3 is 2.64 bits per heavy atom. The molecule has 2 N–H and O–H groups in total. The highest BCUT2D eigenvalue weighted by molar-refractivity contribution is 4.73. The molecule has 0 aliphatic carbocycles. The molecule has 1 rings (SSSR count). The molecule has 0 spiro atoms. The Labute approximate surface area is 86.8 Å². The van der Waals surface area contributed by atoms with Crippen LogP contribution in [0.5, 0.6) is 0 Å². The maximum atomic E-state index is 9.75. The minimum atomic E-state index is -0.206. The zero-order valence-electron chi connectivity index (χ0n) is 9.33. The van der Waals surface area contributed by atoms with Crippen molar-refractivity contribution in [3.05, 3.63) is 0 Å². The Hall–Kier alpha value is -0.120. The summed E-state index contributed by atoms with van der Waals surface area (Å²) < 4.78 is 5.27. The van der Waals surface area contributed by atoms with Crippen molar-refractivity contribution in [2.45, 2.75) is 45.3 Å². The summed E-state index contributed by atoms with van der Waals surface area (Å²) in [5, 5.41) is 13.2. The maximum absolute atomic E-state index is 9.75. The summed E-state index contributed by atoms with van der Waals surface area (Å²) in [6.07, 6.45) is 2.99. The van der Waals surface area contributed by atoms with Gasteiger partial charge in [0.25, 0.3) is 0 Å². The zero-order valence-corrected chi connectivity index (χ0v) is 9.33. The first kappa shape index (κ1) is 12.0. The molecule has 0 aromatic heterocycles. The molecular weight excluding hydrogens is 178 g/mol. The van der Waals surface area contributed by atoms with Crippen molar-refractivity contribution in [1.29, 1.82) is 0 Å². The molecule has 0 radical (unpaired) electrons. The molecule has 0 aromatic carbocycles. The minimum Gasteiger partial charge on any atom is -0.392 e. The van der Waals surface area contributed by atoms with Crippen LogP contribution in [0.25, 0.3) is 0 Å². The SMILES string of the molecule is CCC(C)C(O)CNC1CCOCC1. The third-order valence-electron chi connectivity index (χ3n) is 3.14. The smallest absolute Gasteiger partial charge is 0.0690 e. The van der Waals surface area contributed by atoms with E-state index in [1.807, 2.05) is 0 Å². The third-order valence-corrected chi connectivity index (χ3v) is 3.14. The molecule has 14 heavy (non-hydrogen) atoms. The van der Waals surface area contributed by atoms with Crippen molar-refractivity contribution in [3.63, 3.8) is 0 Å². The van der Waals surface area contributed by atoms with Crippen LogP contribution in [0.4, 0.5) is 0 Å². The summed E-state index contributed by atoms with van der Waals surface area (Å²) in [7, 11) is 0. The first-order chi connectivity index (χ1) is 6.74. The number of aliphatic hydroxyl groups is 1. The lowest BCUT2D eigenvalue weighted by atomic mass is 10.0. The number of ether oxygens (including phenoxy) is 1. The van der Waals surface area contributed by atoms with Crippen LogP contribution >= 0.6 is 0 Å². The topological polar surface area (TPSA) is 41.5 Å². The van der Waals surface area contributed by atoms with Gasteiger partial charge in [-0.15, -0.1) is 0 Å². The highest BCUT2D eigenvalue weighted by Gasteiger charge is 2.16. The van der Waals surface area contributed by atoms with Gasteiger partial charge < -0.3 is 15.2 Å². The van der Waals surface area contributed by atoms with Crippen LogP contribution in [-0.4, -0.2) is 37.0 Å². The first-order valence-corrected chi connectivity index (χ1v) is 5.73. The molecule has 0 saturated carbocycles. The second kappa shape index (κ2) is 6.38. The van der Waals surface area contributed by atoms with Gasteiger partial charge in [-0.1, -0.05) is 20.3 Å². The normalized spacial score (nSPS) is 23.4. The summed E-state index contributed by atoms with van der Waals surface area (Å²) in [6, 6.07) is 0.544. The largest absolute Gasteiger partial charge is 0.392 e. The number of nitrogens with one attached hydrogen (secondary N) is 1. The van der Waals surface area contributed by atoms with Gasteiger partial charge in [-0.25, -0.2) is 0 Å². The minimum absolute atomic E-state index is 0.206. The highest BCUT2D eigenvalue weighted by atomic mass is 16.5. The van der Waals surface area contributed by atoms with Gasteiger partial charge in [0.1, 0.15) is 0 Å². The van der Waals surface area contributed by atoms with Crippen LogP contribution in [0.1, 0.15) is 33.1 Å². The average molecular weight is 201 g/mol. The number of hydrogen-bond donors (Lipinski definition) is 2. The number of hydrogen-bond acceptors (Lipinski definition) is 3. The Morgan fingerprint density at radius 2 is 2.07 bits per heavy atom. The molecule has 1 saturated heterocycles. The Kier molecular flexibility index (Phi) is 5.45. The van der Waals surface area contributed by atoms with E-state index in [0.29, 0.717) is 12.0 Å². The van der Waals surface area contributed by atoms with E-state index >= 15 is 0 Å². The predicted octanol–water partition coefficient (Wildman–Crippen LogP) is 1.16. The lowest BCUT2D eigenvalue weighted by Crippen LogP contribution is -2.40. The lowest BCUT2D eigenvalue weighted by molar-refractivity contribution is 0.0654. The van der Waals surface area contributed by atoms with Gasteiger partial charge >= 0.3 is 0 Å². The Morgan fingerprint density at radius 1 is 1.43 bits per heavy atom. The first-order valence-electron chi connectivity index (χ1n) is 5.73. The number of aliphatic hydroxyl groups excluding tert-OH is 1. The summed E-state index contributed by atoms with van der Waals surface area (Å²) in [5.74, 6) is 0.391. The van der Waals surface area contributed by atoms with Gasteiger partial charge in [0.15, 0.2) is 0 Å². The van der Waals surface area contributed by atoms with Crippen molar-refractivity contribution < 1.29 is 9.84 Å². The summed E-state index contributed by atoms with van der Waals surface area (Å²) in [5.41, 5.74) is 0. The quantitative estimate of drug-likeness (QED) is 0.701. The van der Waals surface area contributed by atoms with E-state index in [4.69, 9.17) is 4.74 Å². The van der Waals surface area contributed by atoms with Crippen LogP contribution < -0.4 is 5.32 Å². The van der Waals surface area contributed by atoms with E-state index in [9.17, 15) is 5.11 Å². The maximum Gasteiger partial charge on any atom is 0.0690 e. The molecule has 2 unspecified atom stereocenters. The van der Waals surface area contributed by atoms with E-state index in [2.05, 4.69) is 19.2 Å². The van der Waals surface area contributed by atoms with Gasteiger partial charge in [-0.2, -0.15) is 0 Å². The van der Waals surface area contributed by atoms with Crippen LogP contribution in [0.3, 0.4) is 0 Å². The van der Waals surface area contributed by atoms with E-state index in [1.165, 1.54) is 0 Å². The lowest BCUT2D eigenvalue weighted by Gasteiger charge is -2.26. The molecule has 1 aliphatic heterocycles. The zero-order chi connectivity index (χ0) is 10.4. The molecule has 2 atom stereocenters. The van der Waals surface area contributed by atoms with Gasteiger partial charge in [0.05, 0.1) is 6.10 Å². The standard InChI is InChI=1S/C11H23NO2/c1-3-9(2)11(13)8-12-10-4-6-14-7-5-10/h9-13H,3-8H2,1-2H3. The summed E-state index contributed by atoms with van der Waals surface area (Å²) in [6.45, 7) is 6.65. The molecule has 0 bridgehead atoms. The summed E-state index contributed by atoms with van der Waals surface area (Å²) in [4.78, 5) is 0. The van der Waals surface area contributed by atoms with Gasteiger partial charge in [0, 0.05) is 25.8 Å². The fourth-order valence-electron chi connectivity index (χ4n) is 1.66. The molecule has 3 heteroatoms. The molecule has 3 nitrogen and oxygen atoms in total. The monoisotopic (exact) mass is 201 g/mol. The van der Waals surface area contributed by atoms with Crippen molar-refractivity contribution in [3.8, 4) is 0 Å². The van der Waals surface area contributed by atoms with Crippen molar-refractivity contribution >= 4 is 0 Å². The highest BCUT2D eigenvalue weighted by Crippen LogP contribution is 2.09. The fourth-order valence-corrected chi connectivity index (χ4v) is 1.66. The molecule has 1 fully saturated rings. The molecule has 0 amide bonds. The second-order valence-corrected chi connectivity index (χ2v) is 4.25. The van der Waals surface area contributed by atoms with E-state index < -0.39 is 0 Å². The van der Waals surface area contributed by atoms with Crippen LogP contribution in [0, 0.1) is 5.92 Å². The second-order valence-electron chi connectivity index (χ2n) is 4.25.